The quantitative estimate of drug-likeness (QED) is 0.851. The van der Waals surface area contributed by atoms with Gasteiger partial charge in [0.05, 0.1) is 5.52 Å². The molecule has 0 amide bonds. The number of halogens is 1. The monoisotopic (exact) mass is 334 g/mol. The molecule has 0 unspecified atom stereocenters. The Balaban J connectivity index is 2.13. The SMILES string of the molecule is CC(C)C(C)(C)CNCc1ccc(Br)c2cccnc12. The highest BCUT2D eigenvalue weighted by atomic mass is 79.9. The van der Waals surface area contributed by atoms with E-state index in [9.17, 15) is 0 Å². The van der Waals surface area contributed by atoms with E-state index in [4.69, 9.17) is 0 Å². The van der Waals surface area contributed by atoms with E-state index in [1.165, 1.54) is 10.9 Å². The minimum absolute atomic E-state index is 0.304. The van der Waals surface area contributed by atoms with Crippen LogP contribution in [-0.4, -0.2) is 11.5 Å². The zero-order chi connectivity index (χ0) is 14.8. The van der Waals surface area contributed by atoms with Gasteiger partial charge in [0.15, 0.2) is 0 Å². The van der Waals surface area contributed by atoms with Crippen LogP contribution in [0, 0.1) is 11.3 Å². The van der Waals surface area contributed by atoms with Crippen LogP contribution in [0.5, 0.6) is 0 Å². The number of rotatable bonds is 5. The van der Waals surface area contributed by atoms with Gasteiger partial charge in [-0.05, 0) is 29.0 Å². The van der Waals surface area contributed by atoms with Gasteiger partial charge in [-0.2, -0.15) is 0 Å². The van der Waals surface area contributed by atoms with Crippen LogP contribution in [0.2, 0.25) is 0 Å². The molecular weight excluding hydrogens is 312 g/mol. The largest absolute Gasteiger partial charge is 0.312 e. The molecule has 108 valence electrons. The number of nitrogens with zero attached hydrogens (tertiary/aromatic N) is 1. The van der Waals surface area contributed by atoms with Crippen LogP contribution in [0.1, 0.15) is 33.3 Å². The molecule has 2 aromatic rings. The van der Waals surface area contributed by atoms with Crippen LogP contribution >= 0.6 is 15.9 Å². The first-order valence-electron chi connectivity index (χ1n) is 7.14. The van der Waals surface area contributed by atoms with Crippen molar-refractivity contribution in [3.63, 3.8) is 0 Å². The lowest BCUT2D eigenvalue weighted by Crippen LogP contribution is -2.33. The van der Waals surface area contributed by atoms with Gasteiger partial charge in [-0.25, -0.2) is 0 Å². The fourth-order valence-electron chi connectivity index (χ4n) is 2.06. The van der Waals surface area contributed by atoms with Crippen molar-refractivity contribution in [3.8, 4) is 0 Å². The maximum atomic E-state index is 4.52. The first kappa shape index (κ1) is 15.5. The third-order valence-corrected chi connectivity index (χ3v) is 4.95. The first-order chi connectivity index (χ1) is 9.42. The average Bonchev–Trinajstić information content (AvgIpc) is 2.41. The Morgan fingerprint density at radius 2 is 2.00 bits per heavy atom. The highest BCUT2D eigenvalue weighted by Gasteiger charge is 2.21. The van der Waals surface area contributed by atoms with Gasteiger partial charge in [0, 0.05) is 29.1 Å². The van der Waals surface area contributed by atoms with Gasteiger partial charge < -0.3 is 5.32 Å². The van der Waals surface area contributed by atoms with Crippen LogP contribution in [0.25, 0.3) is 10.9 Å². The van der Waals surface area contributed by atoms with Crippen LogP contribution in [0.3, 0.4) is 0 Å². The molecule has 0 aliphatic rings. The topological polar surface area (TPSA) is 24.9 Å². The predicted molar refractivity (Wildman–Crippen MR) is 89.8 cm³/mol. The number of hydrogen-bond donors (Lipinski definition) is 1. The van der Waals surface area contributed by atoms with Crippen molar-refractivity contribution >= 4 is 26.8 Å². The Hall–Kier alpha value is -0.930. The molecule has 1 heterocycles. The Morgan fingerprint density at radius 1 is 1.25 bits per heavy atom. The second-order valence-corrected chi connectivity index (χ2v) is 7.21. The molecular formula is C17H23BrN2. The molecule has 0 aliphatic heterocycles. The average molecular weight is 335 g/mol. The lowest BCUT2D eigenvalue weighted by molar-refractivity contribution is 0.238. The molecule has 0 radical (unpaired) electrons. The number of fused-ring (bicyclic) bond motifs is 1. The molecule has 20 heavy (non-hydrogen) atoms. The molecule has 2 rings (SSSR count). The molecule has 2 nitrogen and oxygen atoms in total. The van der Waals surface area contributed by atoms with E-state index < -0.39 is 0 Å². The van der Waals surface area contributed by atoms with E-state index in [1.807, 2.05) is 12.3 Å². The van der Waals surface area contributed by atoms with E-state index in [0.29, 0.717) is 11.3 Å². The third kappa shape index (κ3) is 3.39. The summed E-state index contributed by atoms with van der Waals surface area (Å²) in [7, 11) is 0. The van der Waals surface area contributed by atoms with Crippen molar-refractivity contribution in [3.05, 3.63) is 40.5 Å². The van der Waals surface area contributed by atoms with Crippen molar-refractivity contribution in [1.29, 1.82) is 0 Å². The smallest absolute Gasteiger partial charge is 0.0758 e. The van der Waals surface area contributed by atoms with Crippen LogP contribution in [0.4, 0.5) is 0 Å². The van der Waals surface area contributed by atoms with Gasteiger partial charge in [0.2, 0.25) is 0 Å². The van der Waals surface area contributed by atoms with E-state index in [0.717, 1.165) is 23.1 Å². The molecule has 0 saturated carbocycles. The summed E-state index contributed by atoms with van der Waals surface area (Å²) < 4.78 is 1.10. The van der Waals surface area contributed by atoms with Gasteiger partial charge in [-0.15, -0.1) is 0 Å². The molecule has 0 fully saturated rings. The minimum Gasteiger partial charge on any atom is -0.312 e. The van der Waals surface area contributed by atoms with E-state index in [-0.39, 0.29) is 0 Å². The maximum Gasteiger partial charge on any atom is 0.0758 e. The summed E-state index contributed by atoms with van der Waals surface area (Å²) in [6.45, 7) is 11.0. The second kappa shape index (κ2) is 6.23. The highest BCUT2D eigenvalue weighted by molar-refractivity contribution is 9.10. The Labute approximate surface area is 130 Å². The first-order valence-corrected chi connectivity index (χ1v) is 7.94. The van der Waals surface area contributed by atoms with Crippen molar-refractivity contribution in [2.75, 3.05) is 6.54 Å². The molecule has 0 bridgehead atoms. The summed E-state index contributed by atoms with van der Waals surface area (Å²) in [5.74, 6) is 0.662. The zero-order valence-electron chi connectivity index (χ0n) is 12.7. The summed E-state index contributed by atoms with van der Waals surface area (Å²) in [6.07, 6.45) is 1.86. The number of benzene rings is 1. The van der Waals surface area contributed by atoms with Gasteiger partial charge in [0.25, 0.3) is 0 Å². The van der Waals surface area contributed by atoms with Crippen molar-refractivity contribution < 1.29 is 0 Å². The van der Waals surface area contributed by atoms with E-state index in [1.54, 1.807) is 0 Å². The molecule has 0 saturated heterocycles. The van der Waals surface area contributed by atoms with E-state index in [2.05, 4.69) is 72.1 Å². The van der Waals surface area contributed by atoms with Gasteiger partial charge in [-0.1, -0.05) is 55.8 Å². The van der Waals surface area contributed by atoms with Gasteiger partial charge in [0.1, 0.15) is 0 Å². The molecule has 1 aromatic heterocycles. The minimum atomic E-state index is 0.304. The Bertz CT molecular complexity index is 591. The Kier molecular flexibility index (Phi) is 4.82. The second-order valence-electron chi connectivity index (χ2n) is 6.35. The van der Waals surface area contributed by atoms with Crippen molar-refractivity contribution in [1.82, 2.24) is 10.3 Å². The Morgan fingerprint density at radius 3 is 2.70 bits per heavy atom. The van der Waals surface area contributed by atoms with Crippen LogP contribution in [0.15, 0.2) is 34.9 Å². The van der Waals surface area contributed by atoms with Crippen LogP contribution in [-0.2, 0) is 6.54 Å². The summed E-state index contributed by atoms with van der Waals surface area (Å²) in [5, 5.41) is 4.76. The van der Waals surface area contributed by atoms with Crippen molar-refractivity contribution in [2.24, 2.45) is 11.3 Å². The fourth-order valence-corrected chi connectivity index (χ4v) is 2.51. The summed E-state index contributed by atoms with van der Waals surface area (Å²) in [5.41, 5.74) is 2.64. The van der Waals surface area contributed by atoms with Crippen molar-refractivity contribution in [2.45, 2.75) is 34.2 Å². The lowest BCUT2D eigenvalue weighted by atomic mass is 9.81. The predicted octanol–water partition coefficient (Wildman–Crippen LogP) is 4.77. The van der Waals surface area contributed by atoms with Gasteiger partial charge >= 0.3 is 0 Å². The molecule has 3 heteroatoms. The molecule has 1 N–H and O–H groups in total. The standard InChI is InChI=1S/C17H23BrN2/c1-12(2)17(3,4)11-19-10-13-7-8-15(18)14-6-5-9-20-16(13)14/h5-9,12,19H,10-11H2,1-4H3. The summed E-state index contributed by atoms with van der Waals surface area (Å²) in [6, 6.07) is 8.34. The molecule has 0 aliphatic carbocycles. The normalized spacial score (nSPS) is 12.3. The number of nitrogens with one attached hydrogen (secondary N) is 1. The summed E-state index contributed by atoms with van der Waals surface area (Å²) in [4.78, 5) is 4.52. The zero-order valence-corrected chi connectivity index (χ0v) is 14.3. The molecule has 0 spiro atoms. The van der Waals surface area contributed by atoms with E-state index >= 15 is 0 Å². The maximum absolute atomic E-state index is 4.52. The van der Waals surface area contributed by atoms with Gasteiger partial charge in [-0.3, -0.25) is 4.98 Å². The number of aromatic nitrogens is 1. The molecule has 1 aromatic carbocycles. The third-order valence-electron chi connectivity index (χ3n) is 4.26. The molecule has 0 atom stereocenters. The number of pyridine rings is 1. The summed E-state index contributed by atoms with van der Waals surface area (Å²) >= 11 is 3.59. The van der Waals surface area contributed by atoms with Crippen LogP contribution < -0.4 is 5.32 Å². The fraction of sp³-hybridized carbons (Fsp3) is 0.471. The lowest BCUT2D eigenvalue weighted by Gasteiger charge is -2.29. The highest BCUT2D eigenvalue weighted by Crippen LogP contribution is 2.27. The number of hydrogen-bond acceptors (Lipinski definition) is 2.